The molecule has 0 aliphatic heterocycles. The summed E-state index contributed by atoms with van der Waals surface area (Å²) in [5.74, 6) is 2.51. The molecule has 26 heavy (non-hydrogen) atoms. The molecule has 1 aliphatic carbocycles. The van der Waals surface area contributed by atoms with Gasteiger partial charge in [-0.1, -0.05) is 25.1 Å². The van der Waals surface area contributed by atoms with Crippen LogP contribution in [0.15, 0.2) is 60.8 Å². The number of nitrogens with zero attached hydrogens (tertiary/aromatic N) is 2. The van der Waals surface area contributed by atoms with Crippen molar-refractivity contribution >= 4 is 17.4 Å². The number of rotatable bonds is 4. The molecule has 0 amide bonds. The maximum absolute atomic E-state index is 12.0. The number of fused-ring (bicyclic) bond motifs is 1. The summed E-state index contributed by atoms with van der Waals surface area (Å²) in [5.41, 5.74) is 2.34. The molecule has 0 fully saturated rings. The smallest absolute Gasteiger partial charge is 0.227 e. The van der Waals surface area contributed by atoms with E-state index in [0.29, 0.717) is 23.9 Å². The standard InChI is InChI=1S/C21H19N3O2/c1-14-11-19-18(20(25)12-14)13-22-21(24-19)23-15-7-9-17(10-8-15)26-16-5-3-2-4-6-16/h2-10,13-14H,11-12H2,1H3,(H,22,23,24)/t14-/m0/s1. The second-order valence-corrected chi connectivity index (χ2v) is 6.56. The molecule has 0 saturated carbocycles. The van der Waals surface area contributed by atoms with Crippen LogP contribution >= 0.6 is 0 Å². The number of nitrogens with one attached hydrogen (secondary N) is 1. The van der Waals surface area contributed by atoms with Gasteiger partial charge in [0.2, 0.25) is 5.95 Å². The predicted octanol–water partition coefficient (Wildman–Crippen LogP) is 4.78. The molecule has 5 nitrogen and oxygen atoms in total. The van der Waals surface area contributed by atoms with Crippen LogP contribution < -0.4 is 10.1 Å². The second kappa shape index (κ2) is 6.96. The zero-order valence-electron chi connectivity index (χ0n) is 14.5. The Labute approximate surface area is 152 Å². The van der Waals surface area contributed by atoms with Gasteiger partial charge in [0.05, 0.1) is 11.3 Å². The number of aromatic nitrogens is 2. The molecule has 1 aliphatic rings. The number of para-hydroxylation sites is 1. The lowest BCUT2D eigenvalue weighted by molar-refractivity contribution is 0.0951. The molecule has 130 valence electrons. The van der Waals surface area contributed by atoms with Crippen LogP contribution in [0.5, 0.6) is 11.5 Å². The van der Waals surface area contributed by atoms with E-state index in [1.807, 2.05) is 54.6 Å². The van der Waals surface area contributed by atoms with Gasteiger partial charge in [-0.2, -0.15) is 0 Å². The molecule has 1 N–H and O–H groups in total. The van der Waals surface area contributed by atoms with Crippen molar-refractivity contribution in [2.24, 2.45) is 5.92 Å². The van der Waals surface area contributed by atoms with Gasteiger partial charge >= 0.3 is 0 Å². The van der Waals surface area contributed by atoms with Crippen molar-refractivity contribution < 1.29 is 9.53 Å². The normalized spacial score (nSPS) is 16.0. The highest BCUT2D eigenvalue weighted by Gasteiger charge is 2.24. The number of carbonyl (C=O) groups excluding carboxylic acids is 1. The lowest BCUT2D eigenvalue weighted by Gasteiger charge is -2.19. The van der Waals surface area contributed by atoms with Crippen molar-refractivity contribution in [3.05, 3.63) is 72.1 Å². The monoisotopic (exact) mass is 345 g/mol. The SMILES string of the molecule is C[C@@H]1CC(=O)c2cnc(Nc3ccc(Oc4ccccc4)cc3)nc2C1. The lowest BCUT2D eigenvalue weighted by Crippen LogP contribution is -2.20. The van der Waals surface area contributed by atoms with Crippen molar-refractivity contribution in [3.8, 4) is 11.5 Å². The van der Waals surface area contributed by atoms with E-state index < -0.39 is 0 Å². The fourth-order valence-electron chi connectivity index (χ4n) is 3.05. The number of hydrogen-bond donors (Lipinski definition) is 1. The van der Waals surface area contributed by atoms with E-state index in [1.165, 1.54) is 0 Å². The van der Waals surface area contributed by atoms with Gasteiger partial charge in [0, 0.05) is 18.3 Å². The molecule has 0 unspecified atom stereocenters. The molecule has 2 aromatic carbocycles. The fraction of sp³-hybridized carbons (Fsp3) is 0.190. The van der Waals surface area contributed by atoms with Gasteiger partial charge in [-0.05, 0) is 48.7 Å². The molecule has 1 heterocycles. The van der Waals surface area contributed by atoms with Crippen molar-refractivity contribution in [1.82, 2.24) is 9.97 Å². The Balaban J connectivity index is 1.48. The minimum absolute atomic E-state index is 0.132. The van der Waals surface area contributed by atoms with Gasteiger partial charge in [-0.3, -0.25) is 4.79 Å². The Morgan fingerprint density at radius 1 is 1.00 bits per heavy atom. The Hall–Kier alpha value is -3.21. The quantitative estimate of drug-likeness (QED) is 0.737. The maximum atomic E-state index is 12.0. The number of benzene rings is 2. The third-order valence-electron chi connectivity index (χ3n) is 4.33. The molecule has 0 spiro atoms. The number of hydrogen-bond acceptors (Lipinski definition) is 5. The first-order chi connectivity index (χ1) is 12.7. The van der Waals surface area contributed by atoms with Gasteiger partial charge in [-0.15, -0.1) is 0 Å². The molecule has 0 bridgehead atoms. The lowest BCUT2D eigenvalue weighted by atomic mass is 9.88. The Morgan fingerprint density at radius 2 is 1.73 bits per heavy atom. The molecule has 0 radical (unpaired) electrons. The van der Waals surface area contributed by atoms with Crippen LogP contribution in [0.2, 0.25) is 0 Å². The number of carbonyl (C=O) groups is 1. The van der Waals surface area contributed by atoms with Gasteiger partial charge in [-0.25, -0.2) is 9.97 Å². The molecular formula is C21H19N3O2. The summed E-state index contributed by atoms with van der Waals surface area (Å²) in [6.07, 6.45) is 3.01. The topological polar surface area (TPSA) is 64.1 Å². The first kappa shape index (κ1) is 16.3. The van der Waals surface area contributed by atoms with Gasteiger partial charge in [0.1, 0.15) is 11.5 Å². The average Bonchev–Trinajstić information content (AvgIpc) is 2.64. The number of Topliss-reactive ketones (excluding diaryl/α,β-unsaturated/α-hetero) is 1. The molecular weight excluding hydrogens is 326 g/mol. The predicted molar refractivity (Wildman–Crippen MR) is 100 cm³/mol. The van der Waals surface area contributed by atoms with Crippen LogP contribution in [-0.2, 0) is 6.42 Å². The van der Waals surface area contributed by atoms with Crippen molar-refractivity contribution in [3.63, 3.8) is 0 Å². The number of ketones is 1. The first-order valence-corrected chi connectivity index (χ1v) is 8.66. The van der Waals surface area contributed by atoms with E-state index in [2.05, 4.69) is 22.2 Å². The number of ether oxygens (including phenoxy) is 1. The van der Waals surface area contributed by atoms with E-state index in [0.717, 1.165) is 29.3 Å². The molecule has 5 heteroatoms. The molecule has 0 saturated heterocycles. The fourth-order valence-corrected chi connectivity index (χ4v) is 3.05. The van der Waals surface area contributed by atoms with E-state index in [4.69, 9.17) is 4.74 Å². The summed E-state index contributed by atoms with van der Waals surface area (Å²) in [5, 5.41) is 3.19. The summed E-state index contributed by atoms with van der Waals surface area (Å²) in [6.45, 7) is 2.07. The van der Waals surface area contributed by atoms with E-state index in [1.54, 1.807) is 6.20 Å². The van der Waals surface area contributed by atoms with E-state index in [9.17, 15) is 4.79 Å². The highest BCUT2D eigenvalue weighted by molar-refractivity contribution is 5.98. The van der Waals surface area contributed by atoms with Crippen molar-refractivity contribution in [2.45, 2.75) is 19.8 Å². The van der Waals surface area contributed by atoms with Crippen LogP contribution in [0.3, 0.4) is 0 Å². The second-order valence-electron chi connectivity index (χ2n) is 6.56. The van der Waals surface area contributed by atoms with Gasteiger partial charge in [0.15, 0.2) is 5.78 Å². The Morgan fingerprint density at radius 3 is 2.50 bits per heavy atom. The maximum Gasteiger partial charge on any atom is 0.227 e. The largest absolute Gasteiger partial charge is 0.457 e. The van der Waals surface area contributed by atoms with Crippen LogP contribution in [0.25, 0.3) is 0 Å². The summed E-state index contributed by atoms with van der Waals surface area (Å²) in [6, 6.07) is 17.2. The third-order valence-corrected chi connectivity index (χ3v) is 4.33. The molecule has 1 aromatic heterocycles. The van der Waals surface area contributed by atoms with Crippen LogP contribution in [0, 0.1) is 5.92 Å². The van der Waals surface area contributed by atoms with E-state index >= 15 is 0 Å². The minimum atomic E-state index is 0.132. The molecule has 3 aromatic rings. The minimum Gasteiger partial charge on any atom is -0.457 e. The molecule has 4 rings (SSSR count). The Kier molecular flexibility index (Phi) is 4.35. The van der Waals surface area contributed by atoms with Crippen LogP contribution in [0.4, 0.5) is 11.6 Å². The van der Waals surface area contributed by atoms with Crippen LogP contribution in [-0.4, -0.2) is 15.8 Å². The molecule has 1 atom stereocenters. The first-order valence-electron chi connectivity index (χ1n) is 8.66. The van der Waals surface area contributed by atoms with Gasteiger partial charge in [0.25, 0.3) is 0 Å². The Bertz CT molecular complexity index is 924. The zero-order valence-corrected chi connectivity index (χ0v) is 14.5. The van der Waals surface area contributed by atoms with E-state index in [-0.39, 0.29) is 5.78 Å². The van der Waals surface area contributed by atoms with Gasteiger partial charge < -0.3 is 10.1 Å². The van der Waals surface area contributed by atoms with Crippen LogP contribution in [0.1, 0.15) is 29.4 Å². The summed E-state index contributed by atoms with van der Waals surface area (Å²) in [7, 11) is 0. The third kappa shape index (κ3) is 3.57. The van der Waals surface area contributed by atoms with Crippen molar-refractivity contribution in [1.29, 1.82) is 0 Å². The number of anilines is 2. The summed E-state index contributed by atoms with van der Waals surface area (Å²) >= 11 is 0. The summed E-state index contributed by atoms with van der Waals surface area (Å²) < 4.78 is 5.79. The summed E-state index contributed by atoms with van der Waals surface area (Å²) in [4.78, 5) is 20.8. The zero-order chi connectivity index (χ0) is 17.9. The highest BCUT2D eigenvalue weighted by Crippen LogP contribution is 2.26. The highest BCUT2D eigenvalue weighted by atomic mass is 16.5. The average molecular weight is 345 g/mol. The van der Waals surface area contributed by atoms with Crippen molar-refractivity contribution in [2.75, 3.05) is 5.32 Å².